The van der Waals surface area contributed by atoms with E-state index in [0.717, 1.165) is 22.2 Å². The van der Waals surface area contributed by atoms with Gasteiger partial charge < -0.3 is 0 Å². The first-order valence-corrected chi connectivity index (χ1v) is 8.38. The van der Waals surface area contributed by atoms with Crippen LogP contribution < -0.4 is 0 Å². The van der Waals surface area contributed by atoms with E-state index in [4.69, 9.17) is 0 Å². The molecule has 0 aliphatic rings. The molecule has 4 heteroatoms. The monoisotopic (exact) mass is 336 g/mol. The van der Waals surface area contributed by atoms with Crippen molar-refractivity contribution >= 4 is 16.6 Å². The van der Waals surface area contributed by atoms with Crippen molar-refractivity contribution in [3.63, 3.8) is 0 Å². The van der Waals surface area contributed by atoms with Crippen molar-refractivity contribution in [2.75, 3.05) is 0 Å². The molecule has 0 bridgehead atoms. The predicted octanol–water partition coefficient (Wildman–Crippen LogP) is 4.70. The van der Waals surface area contributed by atoms with Crippen molar-refractivity contribution < 1.29 is 0 Å². The number of nitrogens with zero attached hydrogens (tertiary/aromatic N) is 3. The van der Waals surface area contributed by atoms with Gasteiger partial charge in [0.2, 0.25) is 0 Å². The van der Waals surface area contributed by atoms with Crippen molar-refractivity contribution in [3.8, 4) is 6.07 Å². The summed E-state index contributed by atoms with van der Waals surface area (Å²) in [5, 5.41) is 20.8. The van der Waals surface area contributed by atoms with Crippen LogP contribution in [0.15, 0.2) is 84.9 Å². The predicted molar refractivity (Wildman–Crippen MR) is 102 cm³/mol. The number of hydrogen-bond donors (Lipinski definition) is 1. The Morgan fingerprint density at radius 2 is 1.50 bits per heavy atom. The molecule has 26 heavy (non-hydrogen) atoms. The van der Waals surface area contributed by atoms with Crippen LogP contribution in [0.3, 0.4) is 0 Å². The van der Waals surface area contributed by atoms with Gasteiger partial charge in [-0.3, -0.25) is 0 Å². The Labute approximate surface area is 151 Å². The molecule has 4 rings (SSSR count). The summed E-state index contributed by atoms with van der Waals surface area (Å²) in [4.78, 5) is 0. The second-order valence-corrected chi connectivity index (χ2v) is 5.99. The normalized spacial score (nSPS) is 11.6. The molecule has 1 aromatic heterocycles. The Hall–Kier alpha value is -3.71. The summed E-state index contributed by atoms with van der Waals surface area (Å²) in [7, 11) is 0. The highest BCUT2D eigenvalue weighted by molar-refractivity contribution is 5.93. The van der Waals surface area contributed by atoms with Gasteiger partial charge in [0.15, 0.2) is 0 Å². The van der Waals surface area contributed by atoms with Crippen LogP contribution in [0.1, 0.15) is 22.6 Å². The van der Waals surface area contributed by atoms with Crippen LogP contribution in [0.2, 0.25) is 0 Å². The molecule has 0 unspecified atom stereocenters. The quantitative estimate of drug-likeness (QED) is 0.549. The minimum atomic E-state index is -0.0193. The smallest absolute Gasteiger partial charge is 0.121 e. The fourth-order valence-electron chi connectivity index (χ4n) is 3.14. The number of hydrogen-bond acceptors (Lipinski definition) is 3. The Morgan fingerprint density at radius 3 is 2.12 bits per heavy atom. The highest BCUT2D eigenvalue weighted by atomic mass is 15.3. The van der Waals surface area contributed by atoms with Crippen molar-refractivity contribution in [1.82, 2.24) is 15.4 Å². The van der Waals surface area contributed by atoms with Crippen LogP contribution in [0.25, 0.3) is 16.6 Å². The maximum Gasteiger partial charge on any atom is 0.121 e. The third-order valence-electron chi connectivity index (χ3n) is 4.41. The number of benzene rings is 3. The summed E-state index contributed by atoms with van der Waals surface area (Å²) in [6.45, 7) is 0. The summed E-state index contributed by atoms with van der Waals surface area (Å²) in [5.74, 6) is -0.0193. The molecule has 124 valence electrons. The number of para-hydroxylation sites is 1. The Bertz CT molecular complexity index is 1050. The van der Waals surface area contributed by atoms with Gasteiger partial charge in [0.25, 0.3) is 0 Å². The van der Waals surface area contributed by atoms with Gasteiger partial charge >= 0.3 is 0 Å². The zero-order valence-electron chi connectivity index (χ0n) is 14.0. The van der Waals surface area contributed by atoms with E-state index in [9.17, 15) is 5.26 Å². The molecule has 0 radical (unpaired) electrons. The van der Waals surface area contributed by atoms with Crippen molar-refractivity contribution in [1.29, 1.82) is 5.26 Å². The van der Waals surface area contributed by atoms with E-state index in [1.54, 1.807) is 0 Å². The lowest BCUT2D eigenvalue weighted by Crippen LogP contribution is -1.99. The van der Waals surface area contributed by atoms with Crippen LogP contribution in [0, 0.1) is 11.3 Å². The number of H-pyrrole nitrogens is 1. The molecule has 0 aliphatic carbocycles. The molecule has 4 aromatic rings. The lowest BCUT2D eigenvalue weighted by Gasteiger charge is -2.15. The lowest BCUT2D eigenvalue weighted by molar-refractivity contribution is 0.959. The molecule has 0 amide bonds. The Balaban J connectivity index is 1.88. The van der Waals surface area contributed by atoms with Gasteiger partial charge in [-0.1, -0.05) is 78.9 Å². The summed E-state index contributed by atoms with van der Waals surface area (Å²) < 4.78 is 0. The molecule has 0 saturated heterocycles. The second-order valence-electron chi connectivity index (χ2n) is 5.99. The first-order chi connectivity index (χ1) is 12.9. The van der Waals surface area contributed by atoms with E-state index < -0.39 is 0 Å². The number of nitriles is 1. The third kappa shape index (κ3) is 2.99. The molecule has 0 atom stereocenters. The maximum atomic E-state index is 9.84. The minimum Gasteiger partial charge on any atom is -0.197 e. The van der Waals surface area contributed by atoms with Crippen LogP contribution in [-0.2, 0) is 0 Å². The Morgan fingerprint density at radius 1 is 0.846 bits per heavy atom. The van der Waals surface area contributed by atoms with E-state index in [1.165, 1.54) is 0 Å². The van der Waals surface area contributed by atoms with E-state index in [-0.39, 0.29) is 5.92 Å². The van der Waals surface area contributed by atoms with Crippen molar-refractivity contribution in [2.24, 2.45) is 0 Å². The summed E-state index contributed by atoms with van der Waals surface area (Å²) in [5.41, 5.74) is 5.11. The molecule has 0 saturated carbocycles. The number of aromatic nitrogens is 3. The number of aromatic amines is 1. The number of rotatable bonds is 4. The number of nitrogens with one attached hydrogen (secondary N) is 1. The standard InChI is InChI=1S/C22H16N4/c23-15-18(19-12-7-13-21-22(19)25-26-24-21)14-20(16-8-3-1-4-9-16)17-10-5-2-6-11-17/h1-14,20H,(H,24,25,26)/b18-14-. The average Bonchev–Trinajstić information content (AvgIpc) is 3.19. The molecule has 0 fully saturated rings. The molecule has 4 nitrogen and oxygen atoms in total. The summed E-state index contributed by atoms with van der Waals surface area (Å²) in [6.07, 6.45) is 2.01. The highest BCUT2D eigenvalue weighted by Gasteiger charge is 2.15. The van der Waals surface area contributed by atoms with Gasteiger partial charge in [-0.15, -0.1) is 0 Å². The third-order valence-corrected chi connectivity index (χ3v) is 4.41. The average molecular weight is 336 g/mol. The molecular weight excluding hydrogens is 320 g/mol. The lowest BCUT2D eigenvalue weighted by atomic mass is 9.88. The van der Waals surface area contributed by atoms with Crippen molar-refractivity contribution in [2.45, 2.75) is 5.92 Å². The number of fused-ring (bicyclic) bond motifs is 1. The van der Waals surface area contributed by atoms with Crippen LogP contribution in [0.5, 0.6) is 0 Å². The van der Waals surface area contributed by atoms with Gasteiger partial charge in [0.1, 0.15) is 11.0 Å². The highest BCUT2D eigenvalue weighted by Crippen LogP contribution is 2.31. The topological polar surface area (TPSA) is 65.4 Å². The molecule has 0 spiro atoms. The van der Waals surface area contributed by atoms with Crippen molar-refractivity contribution in [3.05, 3.63) is 102 Å². The summed E-state index contributed by atoms with van der Waals surface area (Å²) >= 11 is 0. The van der Waals surface area contributed by atoms with Crippen LogP contribution in [0.4, 0.5) is 0 Å². The molecule has 1 heterocycles. The SMILES string of the molecule is N#C/C(=C/C(c1ccccc1)c1ccccc1)c1cccc2n[nH]nc12. The largest absolute Gasteiger partial charge is 0.197 e. The maximum absolute atomic E-state index is 9.84. The van der Waals surface area contributed by atoms with Gasteiger partial charge in [-0.25, -0.2) is 0 Å². The van der Waals surface area contributed by atoms with E-state index >= 15 is 0 Å². The Kier molecular flexibility index (Phi) is 4.28. The van der Waals surface area contributed by atoms with Gasteiger partial charge in [0.05, 0.1) is 11.6 Å². The second kappa shape index (κ2) is 7.04. The molecule has 0 aliphatic heterocycles. The minimum absolute atomic E-state index is 0.0193. The zero-order valence-corrected chi connectivity index (χ0v) is 14.0. The first kappa shape index (κ1) is 15.8. The molecular formula is C22H16N4. The van der Waals surface area contributed by atoms with E-state index in [0.29, 0.717) is 11.1 Å². The fourth-order valence-corrected chi connectivity index (χ4v) is 3.14. The van der Waals surface area contributed by atoms with Crippen LogP contribution >= 0.6 is 0 Å². The molecule has 3 aromatic carbocycles. The summed E-state index contributed by atoms with van der Waals surface area (Å²) in [6, 6.07) is 28.4. The zero-order chi connectivity index (χ0) is 17.8. The fraction of sp³-hybridized carbons (Fsp3) is 0.0455. The van der Waals surface area contributed by atoms with E-state index in [1.807, 2.05) is 60.7 Å². The van der Waals surface area contributed by atoms with Gasteiger partial charge in [-0.2, -0.15) is 20.7 Å². The number of allylic oxidation sites excluding steroid dienone is 2. The van der Waals surface area contributed by atoms with Gasteiger partial charge in [0, 0.05) is 11.5 Å². The molecule has 1 N–H and O–H groups in total. The van der Waals surface area contributed by atoms with Gasteiger partial charge in [-0.05, 0) is 17.2 Å². The van der Waals surface area contributed by atoms with Crippen LogP contribution in [-0.4, -0.2) is 15.4 Å². The first-order valence-electron chi connectivity index (χ1n) is 8.38. The van der Waals surface area contributed by atoms with E-state index in [2.05, 4.69) is 45.7 Å².